The molecule has 0 spiro atoms. The fourth-order valence-corrected chi connectivity index (χ4v) is 4.80. The van der Waals surface area contributed by atoms with E-state index in [2.05, 4.69) is 25.7 Å². The smallest absolute Gasteiger partial charge is 0.387 e. The van der Waals surface area contributed by atoms with Crippen molar-refractivity contribution >= 4 is 6.08 Å². The number of pyridine rings is 1. The molecule has 184 valence electrons. The largest absolute Gasteiger partial charge is 0.479 e. The molecule has 0 aliphatic carbocycles. The molecule has 2 aliphatic rings. The van der Waals surface area contributed by atoms with E-state index in [0.29, 0.717) is 5.88 Å². The highest BCUT2D eigenvalue weighted by atomic mass is 19.3. The Morgan fingerprint density at radius 3 is 2.83 bits per heavy atom. The highest BCUT2D eigenvalue weighted by Crippen LogP contribution is 2.38. The first-order valence-electron chi connectivity index (χ1n) is 11.6. The molecule has 3 aromatic rings. The number of nitrogens with one attached hydrogen (secondary N) is 2. The fraction of sp³-hybridized carbons (Fsp3) is 0.360. The molecule has 3 atom stereocenters. The number of imidazole rings is 1. The lowest BCUT2D eigenvalue weighted by atomic mass is 9.87. The quantitative estimate of drug-likeness (QED) is 0.530. The second kappa shape index (κ2) is 10.1. The van der Waals surface area contributed by atoms with Crippen LogP contribution in [0.25, 0.3) is 11.8 Å². The maximum Gasteiger partial charge on any atom is 0.387 e. The monoisotopic (exact) mass is 482 g/mol. The summed E-state index contributed by atoms with van der Waals surface area (Å²) < 4.78 is 38.1. The van der Waals surface area contributed by atoms with Crippen molar-refractivity contribution in [2.75, 3.05) is 13.7 Å². The van der Waals surface area contributed by atoms with Crippen molar-refractivity contribution < 1.29 is 18.3 Å². The number of ether oxygens (including phenoxy) is 2. The number of methoxy groups -OCH3 is 1. The van der Waals surface area contributed by atoms with E-state index in [9.17, 15) is 8.78 Å². The van der Waals surface area contributed by atoms with Crippen LogP contribution in [0, 0.1) is 6.92 Å². The molecule has 2 N–H and O–H groups in total. The van der Waals surface area contributed by atoms with Gasteiger partial charge < -0.3 is 14.0 Å². The Kier molecular flexibility index (Phi) is 6.76. The highest BCUT2D eigenvalue weighted by Gasteiger charge is 2.39. The van der Waals surface area contributed by atoms with Crippen molar-refractivity contribution in [1.82, 2.24) is 30.3 Å². The molecule has 0 bridgehead atoms. The number of rotatable bonds is 7. The Bertz CT molecular complexity index is 1200. The van der Waals surface area contributed by atoms with Crippen LogP contribution >= 0.6 is 0 Å². The maximum absolute atomic E-state index is 12.9. The second-order valence-corrected chi connectivity index (χ2v) is 8.62. The number of para-hydroxylation sites is 1. The van der Waals surface area contributed by atoms with E-state index >= 15 is 0 Å². The van der Waals surface area contributed by atoms with E-state index in [1.807, 2.05) is 54.1 Å². The number of aryl methyl sites for hydroxylation is 1. The fourth-order valence-electron chi connectivity index (χ4n) is 4.80. The molecule has 2 saturated heterocycles. The summed E-state index contributed by atoms with van der Waals surface area (Å²) in [5.74, 6) is 0.755. The number of hydrogen-bond donors (Lipinski definition) is 2. The molecule has 1 aromatic carbocycles. The van der Waals surface area contributed by atoms with Crippen molar-refractivity contribution in [2.45, 2.75) is 44.6 Å². The van der Waals surface area contributed by atoms with Gasteiger partial charge in [-0.3, -0.25) is 5.32 Å². The van der Waals surface area contributed by atoms with Crippen molar-refractivity contribution in [3.8, 4) is 17.3 Å². The summed E-state index contributed by atoms with van der Waals surface area (Å²) in [4.78, 5) is 8.88. The van der Waals surface area contributed by atoms with Gasteiger partial charge >= 0.3 is 6.61 Å². The predicted octanol–water partition coefficient (Wildman–Crippen LogP) is 3.84. The van der Waals surface area contributed by atoms with Crippen LogP contribution in [0.15, 0.2) is 55.0 Å². The molecule has 10 heteroatoms. The van der Waals surface area contributed by atoms with E-state index in [4.69, 9.17) is 9.47 Å². The molecule has 0 saturated carbocycles. The molecule has 4 heterocycles. The summed E-state index contributed by atoms with van der Waals surface area (Å²) in [6.07, 6.45) is 9.22. The van der Waals surface area contributed by atoms with Crippen molar-refractivity contribution in [1.29, 1.82) is 0 Å². The van der Waals surface area contributed by atoms with Gasteiger partial charge in [-0.2, -0.15) is 8.78 Å². The van der Waals surface area contributed by atoms with Crippen LogP contribution in [-0.4, -0.2) is 52.1 Å². The molecule has 35 heavy (non-hydrogen) atoms. The van der Waals surface area contributed by atoms with Gasteiger partial charge in [0.05, 0.1) is 37.2 Å². The minimum atomic E-state index is -2.85. The van der Waals surface area contributed by atoms with Crippen LogP contribution in [0.3, 0.4) is 0 Å². The number of fused-ring (bicyclic) bond motifs is 1. The van der Waals surface area contributed by atoms with E-state index in [1.54, 1.807) is 25.6 Å². The molecule has 2 aromatic heterocycles. The first kappa shape index (κ1) is 23.4. The molecular weight excluding hydrogens is 454 g/mol. The number of nitrogens with zero attached hydrogens (tertiary/aromatic N) is 4. The summed E-state index contributed by atoms with van der Waals surface area (Å²) in [7, 11) is 1.59. The maximum atomic E-state index is 12.9. The summed E-state index contributed by atoms with van der Waals surface area (Å²) in [5.41, 5.74) is 6.73. The Balaban J connectivity index is 1.31. The predicted molar refractivity (Wildman–Crippen MR) is 127 cm³/mol. The number of hydrazine groups is 1. The van der Waals surface area contributed by atoms with Gasteiger partial charge in [0.1, 0.15) is 11.4 Å². The molecule has 8 nitrogen and oxygen atoms in total. The van der Waals surface area contributed by atoms with Gasteiger partial charge in [0.25, 0.3) is 0 Å². The lowest BCUT2D eigenvalue weighted by molar-refractivity contribution is -0.0511. The average molecular weight is 483 g/mol. The van der Waals surface area contributed by atoms with Gasteiger partial charge in [-0.05, 0) is 50.1 Å². The zero-order chi connectivity index (χ0) is 24.4. The number of benzene rings is 1. The van der Waals surface area contributed by atoms with Gasteiger partial charge in [0.15, 0.2) is 0 Å². The van der Waals surface area contributed by atoms with E-state index in [0.717, 1.165) is 42.0 Å². The summed E-state index contributed by atoms with van der Waals surface area (Å²) in [6.45, 7) is -0.0611. The van der Waals surface area contributed by atoms with Crippen LogP contribution in [-0.2, 0) is 0 Å². The number of alkyl halides is 2. The number of hydrogen-bond acceptors (Lipinski definition) is 7. The van der Waals surface area contributed by atoms with E-state index in [1.165, 1.54) is 0 Å². The Morgan fingerprint density at radius 1 is 1.20 bits per heavy atom. The average Bonchev–Trinajstić information content (AvgIpc) is 3.48. The Morgan fingerprint density at radius 2 is 2.06 bits per heavy atom. The molecule has 5 rings (SSSR count). The van der Waals surface area contributed by atoms with Crippen molar-refractivity contribution in [2.24, 2.45) is 0 Å². The van der Waals surface area contributed by atoms with Gasteiger partial charge in [0, 0.05) is 24.2 Å². The van der Waals surface area contributed by atoms with Crippen molar-refractivity contribution in [3.63, 3.8) is 0 Å². The van der Waals surface area contributed by atoms with E-state index < -0.39 is 6.61 Å². The molecule has 0 amide bonds. The number of halogens is 2. The number of aromatic nitrogens is 3. The van der Waals surface area contributed by atoms with E-state index in [-0.39, 0.29) is 24.0 Å². The number of piperidine rings is 1. The molecule has 3 unspecified atom stereocenters. The zero-order valence-corrected chi connectivity index (χ0v) is 19.6. The third-order valence-corrected chi connectivity index (χ3v) is 6.33. The molecule has 2 aliphatic heterocycles. The van der Waals surface area contributed by atoms with Crippen LogP contribution in [0.4, 0.5) is 8.78 Å². The SMILES string of the molecule is COc1nc(C=CC2NC3C(c4ccccc4OC(F)F)CCCN3N2)ccc1-n1cnc(C)c1. The van der Waals surface area contributed by atoms with Gasteiger partial charge in [0.2, 0.25) is 5.88 Å². The summed E-state index contributed by atoms with van der Waals surface area (Å²) >= 11 is 0. The molecule has 2 fully saturated rings. The minimum absolute atomic E-state index is 0.0146. The summed E-state index contributed by atoms with van der Waals surface area (Å²) in [5, 5.41) is 5.71. The first-order valence-corrected chi connectivity index (χ1v) is 11.6. The van der Waals surface area contributed by atoms with Crippen LogP contribution in [0.5, 0.6) is 11.6 Å². The minimum Gasteiger partial charge on any atom is -0.479 e. The zero-order valence-electron chi connectivity index (χ0n) is 19.6. The topological polar surface area (TPSA) is 76.5 Å². The normalized spacial score (nSPS) is 22.6. The van der Waals surface area contributed by atoms with Crippen LogP contribution in [0.1, 0.15) is 35.7 Å². The molecule has 0 radical (unpaired) electrons. The second-order valence-electron chi connectivity index (χ2n) is 8.62. The summed E-state index contributed by atoms with van der Waals surface area (Å²) in [6, 6.07) is 10.9. The highest BCUT2D eigenvalue weighted by molar-refractivity contribution is 5.52. The van der Waals surface area contributed by atoms with Crippen LogP contribution in [0.2, 0.25) is 0 Å². The Hall–Kier alpha value is -3.34. The first-order chi connectivity index (χ1) is 17.0. The van der Waals surface area contributed by atoms with Crippen LogP contribution < -0.4 is 20.2 Å². The van der Waals surface area contributed by atoms with Gasteiger partial charge in [-0.15, -0.1) is 0 Å². The van der Waals surface area contributed by atoms with Crippen molar-refractivity contribution in [3.05, 3.63) is 71.9 Å². The third kappa shape index (κ3) is 5.04. The Labute approximate surface area is 202 Å². The standard InChI is InChI=1S/C25H28F2N6O2/c1-16-14-32(15-28-16)20-11-9-17(29-24(20)34-2)10-12-22-30-23-19(7-5-13-33(23)31-22)18-6-3-4-8-21(18)35-25(26)27/h3-4,6,8-12,14-15,19,22-23,25,30-31H,5,7,13H2,1-2H3. The van der Waals surface area contributed by atoms with Gasteiger partial charge in [-0.1, -0.05) is 18.2 Å². The van der Waals surface area contributed by atoms with Gasteiger partial charge in [-0.25, -0.2) is 20.4 Å². The lowest BCUT2D eigenvalue weighted by Gasteiger charge is -2.36. The lowest BCUT2D eigenvalue weighted by Crippen LogP contribution is -2.47. The molecular formula is C25H28F2N6O2. The third-order valence-electron chi connectivity index (χ3n) is 6.33.